The molecule has 2 aliphatic heterocycles. The standard InChI is InChI=1S/C31H33N5O12/c1-15(37)42-14-26-28(44-16(2)38)29(45-17(3)39)30(46-18(4)40)31(48-26)36-12-19(33-34-36)13-43-24-10-21(41)11-25-27(24)32-22-8-7-20(35(5)6)9-23(22)47-25/h7-12,26,28-31H,13-14H2,1-6H3/t26-,28-,29+,30-,31-/m1/s1. The van der Waals surface area contributed by atoms with Crippen molar-refractivity contribution in [2.45, 2.75) is 64.9 Å². The van der Waals surface area contributed by atoms with Gasteiger partial charge in [0.2, 0.25) is 0 Å². The number of nitrogens with zero attached hydrogens (tertiary/aromatic N) is 5. The van der Waals surface area contributed by atoms with Gasteiger partial charge in [-0.15, -0.1) is 5.10 Å². The second-order valence-electron chi connectivity index (χ2n) is 11.1. The number of anilines is 1. The number of aromatic nitrogens is 4. The van der Waals surface area contributed by atoms with Crippen LogP contribution in [0.3, 0.4) is 0 Å². The lowest BCUT2D eigenvalue weighted by Gasteiger charge is -2.44. The number of carbonyl (C=O) groups excluding carboxylic acids is 4. The first-order valence-electron chi connectivity index (χ1n) is 14.7. The smallest absolute Gasteiger partial charge is 0.303 e. The monoisotopic (exact) mass is 667 g/mol. The third kappa shape index (κ3) is 7.68. The Morgan fingerprint density at radius 3 is 2.25 bits per heavy atom. The maximum absolute atomic E-state index is 12.5. The van der Waals surface area contributed by atoms with Crippen molar-refractivity contribution >= 4 is 40.7 Å². The molecule has 0 unspecified atom stereocenters. The molecule has 254 valence electrons. The van der Waals surface area contributed by atoms with Crippen molar-refractivity contribution < 1.29 is 52.0 Å². The first-order valence-corrected chi connectivity index (χ1v) is 14.7. The number of hydrogen-bond donors (Lipinski definition) is 0. The molecule has 0 spiro atoms. The number of benzene rings is 2. The Morgan fingerprint density at radius 2 is 1.58 bits per heavy atom. The van der Waals surface area contributed by atoms with Crippen LogP contribution in [0, 0.1) is 0 Å². The fraction of sp³-hybridized carbons (Fsp3) is 0.419. The van der Waals surface area contributed by atoms with Crippen LogP contribution < -0.4 is 15.1 Å². The van der Waals surface area contributed by atoms with Crippen molar-refractivity contribution in [3.05, 3.63) is 52.4 Å². The number of ether oxygens (including phenoxy) is 6. The molecule has 17 nitrogen and oxygen atoms in total. The lowest BCUT2D eigenvalue weighted by atomic mass is 9.97. The molecule has 5 atom stereocenters. The number of rotatable bonds is 10. The molecule has 0 radical (unpaired) electrons. The number of hydrogen-bond acceptors (Lipinski definition) is 16. The van der Waals surface area contributed by atoms with E-state index in [1.54, 1.807) is 6.07 Å². The molecule has 3 heterocycles. The van der Waals surface area contributed by atoms with Crippen molar-refractivity contribution in [1.29, 1.82) is 0 Å². The van der Waals surface area contributed by atoms with E-state index in [1.807, 2.05) is 31.1 Å². The Morgan fingerprint density at radius 1 is 0.896 bits per heavy atom. The van der Waals surface area contributed by atoms with E-state index in [-0.39, 0.29) is 29.2 Å². The summed E-state index contributed by atoms with van der Waals surface area (Å²) in [6, 6.07) is 8.07. The summed E-state index contributed by atoms with van der Waals surface area (Å²) in [6.07, 6.45) is -5.14. The van der Waals surface area contributed by atoms with Gasteiger partial charge in [-0.05, 0) is 12.1 Å². The van der Waals surface area contributed by atoms with Crippen molar-refractivity contribution in [1.82, 2.24) is 20.0 Å². The molecule has 1 fully saturated rings. The second kappa shape index (κ2) is 14.0. The quantitative estimate of drug-likeness (QED) is 0.134. The molecule has 0 N–H and O–H groups in total. The Labute approximate surface area is 272 Å². The van der Waals surface area contributed by atoms with Crippen LogP contribution in [0.5, 0.6) is 5.75 Å². The van der Waals surface area contributed by atoms with E-state index < -0.39 is 61.1 Å². The normalized spacial score (nSPS) is 20.6. The van der Waals surface area contributed by atoms with Crippen molar-refractivity contribution in [3.63, 3.8) is 0 Å². The summed E-state index contributed by atoms with van der Waals surface area (Å²) < 4.78 is 40.7. The zero-order valence-electron chi connectivity index (χ0n) is 26.9. The fourth-order valence-electron chi connectivity index (χ4n) is 5.12. The largest absolute Gasteiger partial charge is 0.485 e. The van der Waals surface area contributed by atoms with Gasteiger partial charge < -0.3 is 37.7 Å². The third-order valence-electron chi connectivity index (χ3n) is 7.09. The molecule has 1 aromatic heterocycles. The van der Waals surface area contributed by atoms with E-state index in [9.17, 15) is 24.0 Å². The predicted octanol–water partition coefficient (Wildman–Crippen LogP) is 1.78. The van der Waals surface area contributed by atoms with Gasteiger partial charge in [-0.3, -0.25) is 24.0 Å². The van der Waals surface area contributed by atoms with Crippen LogP contribution in [0.25, 0.3) is 22.6 Å². The molecular formula is C31H33N5O12. The van der Waals surface area contributed by atoms with Crippen LogP contribution in [0.2, 0.25) is 0 Å². The van der Waals surface area contributed by atoms with E-state index in [4.69, 9.17) is 32.8 Å². The average Bonchev–Trinajstić information content (AvgIpc) is 3.47. The molecule has 0 amide bonds. The van der Waals surface area contributed by atoms with Gasteiger partial charge >= 0.3 is 23.9 Å². The predicted molar refractivity (Wildman–Crippen MR) is 163 cm³/mol. The summed E-state index contributed by atoms with van der Waals surface area (Å²) in [5, 5.41) is 8.21. The SMILES string of the molecule is CC(=O)OC[C@H]1O[C@@H](n2cc(COc3cc(=O)cc4oc5cc(N(C)C)ccc5nc3-4)nn2)[C@H](OC(C)=O)[C@@H](OC(C)=O)[C@@H]1OC(C)=O. The van der Waals surface area contributed by atoms with Gasteiger partial charge in [0.25, 0.3) is 0 Å². The summed E-state index contributed by atoms with van der Waals surface area (Å²) in [6.45, 7) is 3.97. The van der Waals surface area contributed by atoms with Crippen LogP contribution in [-0.2, 0) is 49.5 Å². The number of fused-ring (bicyclic) bond motifs is 2. The summed E-state index contributed by atoms with van der Waals surface area (Å²) in [4.78, 5) is 67.0. The summed E-state index contributed by atoms with van der Waals surface area (Å²) in [5.74, 6) is -2.57. The van der Waals surface area contributed by atoms with Crippen molar-refractivity contribution in [3.8, 4) is 17.2 Å². The van der Waals surface area contributed by atoms with Crippen molar-refractivity contribution in [2.75, 3.05) is 25.6 Å². The van der Waals surface area contributed by atoms with Gasteiger partial charge in [0.1, 0.15) is 36.2 Å². The molecule has 1 aromatic carbocycles. The van der Waals surface area contributed by atoms with Gasteiger partial charge in [-0.25, -0.2) is 9.67 Å². The molecule has 5 rings (SSSR count). The van der Waals surface area contributed by atoms with Crippen LogP contribution in [0.1, 0.15) is 39.6 Å². The van der Waals surface area contributed by atoms with E-state index in [1.165, 1.54) is 29.9 Å². The molecule has 48 heavy (non-hydrogen) atoms. The highest BCUT2D eigenvalue weighted by Gasteiger charge is 2.53. The molecular weight excluding hydrogens is 634 g/mol. The zero-order valence-corrected chi connectivity index (χ0v) is 26.9. The highest BCUT2D eigenvalue weighted by Crippen LogP contribution is 2.35. The molecule has 1 saturated heterocycles. The second-order valence-corrected chi connectivity index (χ2v) is 11.1. The molecule has 0 bridgehead atoms. The minimum Gasteiger partial charge on any atom is -0.485 e. The zero-order chi connectivity index (χ0) is 34.7. The van der Waals surface area contributed by atoms with Crippen LogP contribution >= 0.6 is 0 Å². The average molecular weight is 668 g/mol. The lowest BCUT2D eigenvalue weighted by molar-refractivity contribution is -0.270. The maximum Gasteiger partial charge on any atom is 0.303 e. The van der Waals surface area contributed by atoms with Crippen molar-refractivity contribution in [2.24, 2.45) is 0 Å². The molecule has 17 heteroatoms. The van der Waals surface area contributed by atoms with E-state index in [0.29, 0.717) is 16.8 Å². The van der Waals surface area contributed by atoms with Gasteiger partial charge in [0.05, 0.1) is 6.20 Å². The topological polar surface area (TPSA) is 201 Å². The van der Waals surface area contributed by atoms with Gasteiger partial charge in [0, 0.05) is 65.7 Å². The summed E-state index contributed by atoms with van der Waals surface area (Å²) >= 11 is 0. The van der Waals surface area contributed by atoms with Crippen LogP contribution in [-0.4, -0.2) is 89.0 Å². The first-order chi connectivity index (χ1) is 22.8. The summed E-state index contributed by atoms with van der Waals surface area (Å²) in [5.41, 5.74) is 2.12. The molecule has 1 aliphatic carbocycles. The van der Waals surface area contributed by atoms with Gasteiger partial charge in [-0.1, -0.05) is 5.21 Å². The first kappa shape index (κ1) is 33.8. The Hall–Kier alpha value is -5.58. The minimum atomic E-state index is -1.39. The van der Waals surface area contributed by atoms with E-state index in [2.05, 4.69) is 15.3 Å². The van der Waals surface area contributed by atoms with E-state index >= 15 is 0 Å². The number of carbonyl (C=O) groups is 4. The molecule has 2 aromatic rings. The Balaban J connectivity index is 1.44. The molecule has 3 aliphatic rings. The lowest BCUT2D eigenvalue weighted by Crippen LogP contribution is -2.60. The minimum absolute atomic E-state index is 0.140. The molecule has 0 saturated carbocycles. The Kier molecular flexibility index (Phi) is 9.88. The van der Waals surface area contributed by atoms with Gasteiger partial charge in [-0.2, -0.15) is 0 Å². The fourth-order valence-corrected chi connectivity index (χ4v) is 5.12. The third-order valence-corrected chi connectivity index (χ3v) is 7.09. The highest BCUT2D eigenvalue weighted by molar-refractivity contribution is 5.81. The van der Waals surface area contributed by atoms with Gasteiger partial charge in [0.15, 0.2) is 47.1 Å². The summed E-state index contributed by atoms with van der Waals surface area (Å²) in [7, 11) is 3.79. The maximum atomic E-state index is 12.5. The highest BCUT2D eigenvalue weighted by atomic mass is 16.7. The number of esters is 4. The Bertz CT molecular complexity index is 1870. The van der Waals surface area contributed by atoms with Crippen LogP contribution in [0.15, 0.2) is 45.7 Å². The van der Waals surface area contributed by atoms with Crippen LogP contribution in [0.4, 0.5) is 5.69 Å². The van der Waals surface area contributed by atoms with E-state index in [0.717, 1.165) is 26.5 Å².